The highest BCUT2D eigenvalue weighted by atomic mass is 32.3. The normalized spacial score (nSPS) is 13.1. The molecule has 0 bridgehead atoms. The number of thioether (sulfide) groups is 1. The van der Waals surface area contributed by atoms with Gasteiger partial charge in [-0.2, -0.15) is 0 Å². The van der Waals surface area contributed by atoms with Crippen LogP contribution in [0.1, 0.15) is 129 Å². The molecular weight excluding hydrogens is 1050 g/mol. The van der Waals surface area contributed by atoms with E-state index in [4.69, 9.17) is 14.1 Å². The summed E-state index contributed by atoms with van der Waals surface area (Å²) < 4.78 is 133. The Bertz CT molecular complexity index is 3590. The molecule has 5 aromatic rings. The van der Waals surface area contributed by atoms with Crippen molar-refractivity contribution in [3.8, 4) is 22.5 Å². The molecule has 1 atom stereocenters. The fraction of sp³-hybridized carbons (Fsp3) is 0.328. The van der Waals surface area contributed by atoms with Gasteiger partial charge in [-0.15, -0.1) is 15.9 Å². The zero-order valence-corrected chi connectivity index (χ0v) is 47.0. The molecule has 1 unspecified atom stereocenters. The van der Waals surface area contributed by atoms with Crippen LogP contribution in [-0.2, 0) is 34.4 Å². The van der Waals surface area contributed by atoms with Crippen LogP contribution < -0.4 is 20.1 Å². The van der Waals surface area contributed by atoms with Crippen LogP contribution >= 0.6 is 11.8 Å². The third-order valence-electron chi connectivity index (χ3n) is 13.4. The van der Waals surface area contributed by atoms with Crippen molar-refractivity contribution >= 4 is 72.2 Å². The van der Waals surface area contributed by atoms with Gasteiger partial charge in [-0.25, -0.2) is 39.4 Å². The number of benzene rings is 6. The number of amides is 1. The molecule has 0 saturated heterocycles. The van der Waals surface area contributed by atoms with E-state index in [2.05, 4.69) is 78.2 Å². The number of anilines is 2. The fourth-order valence-electron chi connectivity index (χ4n) is 8.86. The maximum absolute atomic E-state index is 16.0. The summed E-state index contributed by atoms with van der Waals surface area (Å²) in [5, 5.41) is 6.88. The second kappa shape index (κ2) is 23.2. The molecule has 77 heavy (non-hydrogen) atoms. The van der Waals surface area contributed by atoms with Gasteiger partial charge in [0.05, 0.1) is 26.6 Å². The lowest BCUT2D eigenvalue weighted by Crippen LogP contribution is -2.45. The van der Waals surface area contributed by atoms with Crippen LogP contribution in [0.3, 0.4) is 0 Å². The Morgan fingerprint density at radius 2 is 1.29 bits per heavy atom. The second-order valence-electron chi connectivity index (χ2n) is 20.6. The van der Waals surface area contributed by atoms with Crippen LogP contribution in [0.2, 0.25) is 0 Å². The van der Waals surface area contributed by atoms with E-state index in [0.29, 0.717) is 28.4 Å². The summed E-state index contributed by atoms with van der Waals surface area (Å²) in [5.74, 6) is -9.70. The molecule has 2 aliphatic rings. The number of nitrogens with zero attached hydrogens (tertiary/aromatic N) is 1. The van der Waals surface area contributed by atoms with E-state index in [-0.39, 0.29) is 64.4 Å². The van der Waals surface area contributed by atoms with Crippen molar-refractivity contribution in [1.82, 2.24) is 9.44 Å². The molecule has 1 heterocycles. The molecule has 408 valence electrons. The minimum atomic E-state index is -6.00. The van der Waals surface area contributed by atoms with Crippen LogP contribution in [0.4, 0.5) is 34.6 Å². The maximum Gasteiger partial charge on any atom is 0.295 e. The molecule has 7 rings (SSSR count). The Hall–Kier alpha value is -6.54. The fourth-order valence-corrected chi connectivity index (χ4v) is 13.0. The van der Waals surface area contributed by atoms with Crippen molar-refractivity contribution in [2.24, 2.45) is 10.4 Å². The van der Waals surface area contributed by atoms with Gasteiger partial charge in [0.25, 0.3) is 26.5 Å². The van der Waals surface area contributed by atoms with E-state index in [1.807, 2.05) is 24.3 Å². The van der Waals surface area contributed by atoms with Crippen LogP contribution in [0.5, 0.6) is 0 Å². The summed E-state index contributed by atoms with van der Waals surface area (Å²) in [4.78, 5) is 24.8. The predicted octanol–water partition coefficient (Wildman–Crippen LogP) is 14.0. The highest BCUT2D eigenvalue weighted by Gasteiger charge is 2.38. The second-order valence-corrected chi connectivity index (χ2v) is 25.1. The molecule has 12 nitrogen and oxygen atoms in total. The van der Waals surface area contributed by atoms with Gasteiger partial charge in [-0.1, -0.05) is 131 Å². The number of fused-ring (bicyclic) bond motifs is 2. The maximum atomic E-state index is 16.0. The van der Waals surface area contributed by atoms with Crippen molar-refractivity contribution in [3.05, 3.63) is 148 Å². The molecular formula is C58H62F4N4O8S3. The zero-order chi connectivity index (χ0) is 56.5. The molecule has 19 heteroatoms. The SMILES string of the molecule is CCC(C)(C)C(=O)NC(CSc1c(F)c(F)c(S(=O)(=O)NS(=O)(=O)c2ccccc2-c2c3ccc(=Nc4c(C(C)C)cccc4C(C)C)cc-3oc3cc(Nc4c(C(C)C)cccc4C(C)C)ccc23)c(F)c1F)OC=O. The van der Waals surface area contributed by atoms with Gasteiger partial charge in [-0.3, -0.25) is 9.59 Å². The number of para-hydroxylation sites is 2. The van der Waals surface area contributed by atoms with Crippen molar-refractivity contribution in [2.45, 2.75) is 127 Å². The van der Waals surface area contributed by atoms with Crippen molar-refractivity contribution < 1.29 is 53.1 Å². The molecule has 3 N–H and O–H groups in total. The summed E-state index contributed by atoms with van der Waals surface area (Å²) in [6, 6.07) is 28.0. The van der Waals surface area contributed by atoms with Crippen LogP contribution in [0.15, 0.2) is 121 Å². The molecule has 0 fully saturated rings. The summed E-state index contributed by atoms with van der Waals surface area (Å²) in [6.45, 7) is 21.5. The van der Waals surface area contributed by atoms with Crippen LogP contribution in [0, 0.1) is 28.7 Å². The molecule has 1 aliphatic carbocycles. The smallest absolute Gasteiger partial charge is 0.295 e. The zero-order valence-electron chi connectivity index (χ0n) is 44.6. The third-order valence-corrected chi connectivity index (χ3v) is 18.1. The van der Waals surface area contributed by atoms with Gasteiger partial charge in [0.2, 0.25) is 5.91 Å². The predicted molar refractivity (Wildman–Crippen MR) is 294 cm³/mol. The number of sulfonamides is 2. The molecule has 1 aliphatic heterocycles. The van der Waals surface area contributed by atoms with E-state index in [9.17, 15) is 26.4 Å². The van der Waals surface area contributed by atoms with Crippen LogP contribution in [-0.4, -0.2) is 41.2 Å². The van der Waals surface area contributed by atoms with Gasteiger partial charge in [-0.05, 0) is 82.7 Å². The number of carbonyl (C=O) groups excluding carboxylic acids is 2. The first-order chi connectivity index (χ1) is 36.2. The third kappa shape index (κ3) is 12.1. The average molecular weight is 1120 g/mol. The molecule has 0 radical (unpaired) electrons. The van der Waals surface area contributed by atoms with E-state index in [1.165, 1.54) is 22.3 Å². The average Bonchev–Trinajstić information content (AvgIpc) is 3.38. The monoisotopic (exact) mass is 1110 g/mol. The van der Waals surface area contributed by atoms with Gasteiger partial charge in [0.15, 0.2) is 34.4 Å². The number of rotatable bonds is 20. The molecule has 0 spiro atoms. The minimum Gasteiger partial charge on any atom is -0.456 e. The molecule has 1 amide bonds. The lowest BCUT2D eigenvalue weighted by atomic mass is 9.89. The topological polar surface area (TPSA) is 173 Å². The molecule has 0 aromatic heterocycles. The van der Waals surface area contributed by atoms with E-state index in [0.717, 1.165) is 39.7 Å². The Kier molecular flexibility index (Phi) is 17.5. The number of nitrogens with one attached hydrogen (secondary N) is 3. The van der Waals surface area contributed by atoms with Gasteiger partial charge < -0.3 is 19.8 Å². The number of hydrogen-bond acceptors (Lipinski definition) is 11. The number of carbonyl (C=O) groups is 2. The molecule has 0 saturated carbocycles. The Morgan fingerprint density at radius 3 is 1.84 bits per heavy atom. The van der Waals surface area contributed by atoms with E-state index >= 15 is 17.6 Å². The molecule has 5 aromatic carbocycles. The first-order valence-corrected chi connectivity index (χ1v) is 29.0. The minimum absolute atomic E-state index is 0.0518. The quantitative estimate of drug-likeness (QED) is 0.0166. The Balaban J connectivity index is 1.37. The lowest BCUT2D eigenvalue weighted by Gasteiger charge is -2.25. The summed E-state index contributed by atoms with van der Waals surface area (Å²) in [5.41, 5.74) is 6.45. The highest BCUT2D eigenvalue weighted by Crippen LogP contribution is 2.45. The summed E-state index contributed by atoms with van der Waals surface area (Å²) in [6.07, 6.45) is -1.19. The first-order valence-electron chi connectivity index (χ1n) is 25.1. The summed E-state index contributed by atoms with van der Waals surface area (Å²) in [7, 11) is -11.4. The number of halogens is 4. The summed E-state index contributed by atoms with van der Waals surface area (Å²) >= 11 is 0.0697. The van der Waals surface area contributed by atoms with Gasteiger partial charge >= 0.3 is 0 Å². The van der Waals surface area contributed by atoms with Crippen molar-refractivity contribution in [1.29, 1.82) is 0 Å². The standard InChI is InChI=1S/C58H62F4N4O8S3/c1-12-58(10,11)57(68)65-47(73-30-67)29-75-55-49(59)51(61)56(52(62)50(55)60)77(71,72)66-76(69,70)46-22-14-13-17-43(46)48-41-25-23-35(63-53-37(31(2)3)18-15-19-38(53)32(4)5)27-44(41)74-45-28-36(24-26-42(45)48)64-54-39(33(6)7)20-16-21-40(54)34(8)9/h13-28,30-34,47,63,66H,12,29H2,1-11H3,(H,65,68). The lowest BCUT2D eigenvalue weighted by molar-refractivity contribution is -0.140. The number of hydrogen-bond donors (Lipinski definition) is 3. The van der Waals surface area contributed by atoms with Crippen molar-refractivity contribution in [2.75, 3.05) is 11.1 Å². The van der Waals surface area contributed by atoms with Crippen LogP contribution in [0.25, 0.3) is 33.4 Å². The van der Waals surface area contributed by atoms with Gasteiger partial charge in [0, 0.05) is 51.0 Å². The first kappa shape index (κ1) is 58.1. The highest BCUT2D eigenvalue weighted by molar-refractivity contribution is 8.04. The van der Waals surface area contributed by atoms with Gasteiger partial charge in [0.1, 0.15) is 11.3 Å². The largest absolute Gasteiger partial charge is 0.456 e. The van der Waals surface area contributed by atoms with Crippen molar-refractivity contribution in [3.63, 3.8) is 0 Å². The number of ether oxygens (including phenoxy) is 1. The Morgan fingerprint density at radius 1 is 0.714 bits per heavy atom. The van der Waals surface area contributed by atoms with E-state index < -0.39 is 81.3 Å². The Labute approximate surface area is 451 Å². The van der Waals surface area contributed by atoms with E-state index in [1.54, 1.807) is 57.2 Å².